The molecular weight excluding hydrogens is 222 g/mol. The fourth-order valence-electron chi connectivity index (χ4n) is 1.75. The summed E-state index contributed by atoms with van der Waals surface area (Å²) in [5, 5.41) is 12.7. The second-order valence-electron chi connectivity index (χ2n) is 3.88. The first-order valence-electron chi connectivity index (χ1n) is 5.48. The number of hydrogen-bond acceptors (Lipinski definition) is 3. The summed E-state index contributed by atoms with van der Waals surface area (Å²) in [6.45, 7) is 4.02. The fourth-order valence-corrected chi connectivity index (χ4v) is 1.75. The molecule has 6 heteroatoms. The molecule has 0 saturated heterocycles. The van der Waals surface area contributed by atoms with Gasteiger partial charge in [-0.25, -0.2) is 0 Å². The molecule has 0 bridgehead atoms. The van der Waals surface area contributed by atoms with Crippen molar-refractivity contribution in [2.45, 2.75) is 26.3 Å². The van der Waals surface area contributed by atoms with E-state index in [1.54, 1.807) is 26.2 Å². The maximum atomic E-state index is 12.2. The van der Waals surface area contributed by atoms with Gasteiger partial charge < -0.3 is 10.0 Å². The van der Waals surface area contributed by atoms with Crippen molar-refractivity contribution in [3.8, 4) is 0 Å². The van der Waals surface area contributed by atoms with E-state index in [1.165, 1.54) is 9.58 Å². The summed E-state index contributed by atoms with van der Waals surface area (Å²) in [6, 6.07) is 1.29. The number of aliphatic carboxylic acids is 1. The zero-order valence-corrected chi connectivity index (χ0v) is 10.3. The fraction of sp³-hybridized carbons (Fsp3) is 0.545. The van der Waals surface area contributed by atoms with Crippen molar-refractivity contribution in [3.05, 3.63) is 18.0 Å². The lowest BCUT2D eigenvalue weighted by molar-refractivity contribution is -0.138. The Bertz CT molecular complexity index is 414. The van der Waals surface area contributed by atoms with Crippen LogP contribution in [0.25, 0.3) is 0 Å². The maximum Gasteiger partial charge on any atom is 0.305 e. The standard InChI is InChI=1S/C11H17N3O3/c1-4-14(8(2)7-10(15)16)11(17)9-5-6-12-13(9)3/h5-6,8H,4,7H2,1-3H3,(H,15,16). The second kappa shape index (κ2) is 5.47. The molecule has 1 aromatic heterocycles. The molecule has 17 heavy (non-hydrogen) atoms. The molecule has 0 saturated carbocycles. The molecule has 1 heterocycles. The van der Waals surface area contributed by atoms with E-state index in [2.05, 4.69) is 5.10 Å². The molecule has 0 aromatic carbocycles. The van der Waals surface area contributed by atoms with Crippen LogP contribution in [0.5, 0.6) is 0 Å². The van der Waals surface area contributed by atoms with Gasteiger partial charge in [0, 0.05) is 25.8 Å². The molecule has 0 fully saturated rings. The molecule has 0 aliphatic heterocycles. The molecule has 1 aromatic rings. The topological polar surface area (TPSA) is 75.4 Å². The van der Waals surface area contributed by atoms with Gasteiger partial charge in [0.1, 0.15) is 5.69 Å². The first kappa shape index (κ1) is 13.2. The number of aryl methyl sites for hydroxylation is 1. The molecule has 0 radical (unpaired) electrons. The Kier molecular flexibility index (Phi) is 4.25. The predicted octanol–water partition coefficient (Wildman–Crippen LogP) is 0.745. The Morgan fingerprint density at radius 2 is 2.24 bits per heavy atom. The van der Waals surface area contributed by atoms with E-state index in [1.807, 2.05) is 6.92 Å². The first-order valence-corrected chi connectivity index (χ1v) is 5.48. The van der Waals surface area contributed by atoms with Crippen LogP contribution in [0.1, 0.15) is 30.8 Å². The highest BCUT2D eigenvalue weighted by Crippen LogP contribution is 2.10. The molecule has 6 nitrogen and oxygen atoms in total. The summed E-state index contributed by atoms with van der Waals surface area (Å²) < 4.78 is 1.48. The zero-order chi connectivity index (χ0) is 13.0. The lowest BCUT2D eigenvalue weighted by Crippen LogP contribution is -2.40. The monoisotopic (exact) mass is 239 g/mol. The van der Waals surface area contributed by atoms with Crippen LogP contribution in [0, 0.1) is 0 Å². The van der Waals surface area contributed by atoms with E-state index in [9.17, 15) is 9.59 Å². The summed E-state index contributed by atoms with van der Waals surface area (Å²) in [6.07, 6.45) is 1.49. The Balaban J connectivity index is 2.84. The minimum absolute atomic E-state index is 0.0581. The highest BCUT2D eigenvalue weighted by Gasteiger charge is 2.23. The minimum Gasteiger partial charge on any atom is -0.481 e. The van der Waals surface area contributed by atoms with Crippen LogP contribution in [-0.2, 0) is 11.8 Å². The van der Waals surface area contributed by atoms with Gasteiger partial charge in [0.05, 0.1) is 6.42 Å². The summed E-state index contributed by atoms with van der Waals surface area (Å²) in [5.74, 6) is -1.10. The molecule has 1 unspecified atom stereocenters. The van der Waals surface area contributed by atoms with Crippen LogP contribution in [0.3, 0.4) is 0 Å². The van der Waals surface area contributed by atoms with Gasteiger partial charge in [-0.2, -0.15) is 5.10 Å². The van der Waals surface area contributed by atoms with Crippen molar-refractivity contribution in [3.63, 3.8) is 0 Å². The molecular formula is C11H17N3O3. The average Bonchev–Trinajstić information content (AvgIpc) is 2.64. The minimum atomic E-state index is -0.909. The van der Waals surface area contributed by atoms with Crippen molar-refractivity contribution in [2.75, 3.05) is 6.54 Å². The van der Waals surface area contributed by atoms with Gasteiger partial charge in [-0.3, -0.25) is 14.3 Å². The summed E-state index contributed by atoms with van der Waals surface area (Å²) >= 11 is 0. The van der Waals surface area contributed by atoms with Gasteiger partial charge >= 0.3 is 5.97 Å². The van der Waals surface area contributed by atoms with Crippen LogP contribution >= 0.6 is 0 Å². The van der Waals surface area contributed by atoms with E-state index in [0.717, 1.165) is 0 Å². The van der Waals surface area contributed by atoms with Gasteiger partial charge in [0.25, 0.3) is 5.91 Å². The molecule has 1 rings (SSSR count). The predicted molar refractivity (Wildman–Crippen MR) is 61.6 cm³/mol. The van der Waals surface area contributed by atoms with Crippen molar-refractivity contribution in [2.24, 2.45) is 7.05 Å². The van der Waals surface area contributed by atoms with Gasteiger partial charge in [0.15, 0.2) is 0 Å². The van der Waals surface area contributed by atoms with Crippen LogP contribution < -0.4 is 0 Å². The molecule has 94 valence electrons. The lowest BCUT2D eigenvalue weighted by Gasteiger charge is -2.26. The van der Waals surface area contributed by atoms with Crippen molar-refractivity contribution in [1.82, 2.24) is 14.7 Å². The van der Waals surface area contributed by atoms with E-state index in [0.29, 0.717) is 12.2 Å². The second-order valence-corrected chi connectivity index (χ2v) is 3.88. The quantitative estimate of drug-likeness (QED) is 0.822. The van der Waals surface area contributed by atoms with Crippen LogP contribution in [-0.4, -0.2) is 44.3 Å². The zero-order valence-electron chi connectivity index (χ0n) is 10.3. The summed E-state index contributed by atoms with van der Waals surface area (Å²) in [4.78, 5) is 24.3. The smallest absolute Gasteiger partial charge is 0.305 e. The molecule has 1 N–H and O–H groups in total. The van der Waals surface area contributed by atoms with Crippen molar-refractivity contribution in [1.29, 1.82) is 0 Å². The Labute approximate surface area is 99.8 Å². The average molecular weight is 239 g/mol. The maximum absolute atomic E-state index is 12.2. The molecule has 0 spiro atoms. The van der Waals surface area contributed by atoms with Crippen LogP contribution in [0.15, 0.2) is 12.3 Å². The summed E-state index contributed by atoms with van der Waals surface area (Å²) in [5.41, 5.74) is 0.462. The Hall–Kier alpha value is -1.85. The molecule has 1 atom stereocenters. The van der Waals surface area contributed by atoms with Crippen LogP contribution in [0.4, 0.5) is 0 Å². The van der Waals surface area contributed by atoms with Gasteiger partial charge in [-0.15, -0.1) is 0 Å². The van der Waals surface area contributed by atoms with E-state index in [-0.39, 0.29) is 18.4 Å². The normalized spacial score (nSPS) is 12.2. The van der Waals surface area contributed by atoms with Gasteiger partial charge in [0.2, 0.25) is 0 Å². The van der Waals surface area contributed by atoms with E-state index in [4.69, 9.17) is 5.11 Å². The molecule has 1 amide bonds. The highest BCUT2D eigenvalue weighted by molar-refractivity contribution is 5.92. The largest absolute Gasteiger partial charge is 0.481 e. The Morgan fingerprint density at radius 1 is 1.59 bits per heavy atom. The number of carboxylic acid groups (broad SMARTS) is 1. The van der Waals surface area contributed by atoms with Gasteiger partial charge in [-0.05, 0) is 19.9 Å². The van der Waals surface area contributed by atoms with Gasteiger partial charge in [-0.1, -0.05) is 0 Å². The number of carboxylic acids is 1. The Morgan fingerprint density at radius 3 is 2.65 bits per heavy atom. The van der Waals surface area contributed by atoms with Crippen molar-refractivity contribution < 1.29 is 14.7 Å². The molecule has 0 aliphatic carbocycles. The lowest BCUT2D eigenvalue weighted by atomic mass is 10.2. The first-order chi connectivity index (χ1) is 7.97. The number of carbonyl (C=O) groups excluding carboxylic acids is 1. The number of amides is 1. The van der Waals surface area contributed by atoms with Crippen molar-refractivity contribution >= 4 is 11.9 Å². The SMILES string of the molecule is CCN(C(=O)c1ccnn1C)C(C)CC(=O)O. The number of aromatic nitrogens is 2. The third kappa shape index (κ3) is 3.05. The third-order valence-electron chi connectivity index (χ3n) is 2.64. The highest BCUT2D eigenvalue weighted by atomic mass is 16.4. The van der Waals surface area contributed by atoms with Crippen LogP contribution in [0.2, 0.25) is 0 Å². The summed E-state index contributed by atoms with van der Waals surface area (Å²) in [7, 11) is 1.68. The number of nitrogens with zero attached hydrogens (tertiary/aromatic N) is 3. The number of carbonyl (C=O) groups is 2. The third-order valence-corrected chi connectivity index (χ3v) is 2.64. The molecule has 0 aliphatic rings. The number of rotatable bonds is 5. The van der Waals surface area contributed by atoms with E-state index >= 15 is 0 Å². The van der Waals surface area contributed by atoms with E-state index < -0.39 is 5.97 Å². The number of hydrogen-bond donors (Lipinski definition) is 1.